The average Bonchev–Trinajstić information content (AvgIpc) is 3.20. The third-order valence-electron chi connectivity index (χ3n) is 3.29. The van der Waals surface area contributed by atoms with Crippen LogP contribution in [-0.4, -0.2) is 32.7 Å². The lowest BCUT2D eigenvalue weighted by molar-refractivity contribution is 0.591. The fourth-order valence-corrected chi connectivity index (χ4v) is 2.98. The van der Waals surface area contributed by atoms with E-state index in [1.54, 1.807) is 46.1 Å². The van der Waals surface area contributed by atoms with Gasteiger partial charge in [-0.15, -0.1) is 10.2 Å². The molecule has 0 aliphatic heterocycles. The maximum atomic E-state index is 12.3. The third kappa shape index (κ3) is 3.24. The molecule has 0 aliphatic rings. The summed E-state index contributed by atoms with van der Waals surface area (Å²) in [6, 6.07) is 7.04. The van der Waals surface area contributed by atoms with Crippen molar-refractivity contribution in [2.24, 2.45) is 0 Å². The van der Waals surface area contributed by atoms with Crippen LogP contribution in [0.25, 0.3) is 5.69 Å². The van der Waals surface area contributed by atoms with Crippen molar-refractivity contribution in [2.75, 3.05) is 4.72 Å². The van der Waals surface area contributed by atoms with Gasteiger partial charge in [0.15, 0.2) is 5.03 Å². The molecule has 1 aromatic carbocycles. The van der Waals surface area contributed by atoms with Crippen molar-refractivity contribution in [3.8, 4) is 5.69 Å². The zero-order chi connectivity index (χ0) is 16.4. The van der Waals surface area contributed by atoms with Gasteiger partial charge in [-0.25, -0.2) is 4.98 Å². The first-order valence-corrected chi connectivity index (χ1v) is 8.45. The van der Waals surface area contributed by atoms with Crippen LogP contribution in [0.1, 0.15) is 19.9 Å². The number of nitrogens with one attached hydrogen (secondary N) is 1. The Balaban J connectivity index is 1.80. The molecular formula is C14H16N6O2S. The first kappa shape index (κ1) is 15.2. The molecule has 0 amide bonds. The molecule has 0 unspecified atom stereocenters. The number of nitrogens with zero attached hydrogens (tertiary/aromatic N) is 5. The van der Waals surface area contributed by atoms with Crippen molar-refractivity contribution in [1.82, 2.24) is 24.3 Å². The molecule has 2 heterocycles. The minimum absolute atomic E-state index is 0.00548. The van der Waals surface area contributed by atoms with Gasteiger partial charge in [-0.3, -0.25) is 9.29 Å². The predicted molar refractivity (Wildman–Crippen MR) is 84.8 cm³/mol. The Hall–Kier alpha value is -2.68. The van der Waals surface area contributed by atoms with Crippen LogP contribution < -0.4 is 4.72 Å². The van der Waals surface area contributed by atoms with E-state index >= 15 is 0 Å². The Morgan fingerprint density at radius 3 is 2.26 bits per heavy atom. The number of imidazole rings is 1. The summed E-state index contributed by atoms with van der Waals surface area (Å²) < 4.78 is 30.7. The molecule has 1 N–H and O–H groups in total. The fourth-order valence-electron chi connectivity index (χ4n) is 1.98. The second-order valence-corrected chi connectivity index (χ2v) is 6.90. The van der Waals surface area contributed by atoms with Crippen LogP contribution in [0.15, 0.2) is 54.5 Å². The van der Waals surface area contributed by atoms with Gasteiger partial charge >= 0.3 is 0 Å². The van der Waals surface area contributed by atoms with Crippen LogP contribution in [0.2, 0.25) is 0 Å². The van der Waals surface area contributed by atoms with Crippen LogP contribution in [0.4, 0.5) is 5.69 Å². The van der Waals surface area contributed by atoms with E-state index in [1.807, 2.05) is 13.8 Å². The molecule has 3 rings (SSSR count). The molecular weight excluding hydrogens is 316 g/mol. The van der Waals surface area contributed by atoms with Gasteiger partial charge < -0.3 is 4.57 Å². The lowest BCUT2D eigenvalue weighted by atomic mass is 10.3. The number of rotatable bonds is 5. The molecule has 0 fully saturated rings. The number of sulfonamides is 1. The van der Waals surface area contributed by atoms with Crippen molar-refractivity contribution in [1.29, 1.82) is 0 Å². The summed E-state index contributed by atoms with van der Waals surface area (Å²) in [5, 5.41) is 7.45. The third-order valence-corrected chi connectivity index (χ3v) is 4.55. The summed E-state index contributed by atoms with van der Waals surface area (Å²) in [6.45, 7) is 3.91. The van der Waals surface area contributed by atoms with Crippen LogP contribution in [0.3, 0.4) is 0 Å². The maximum absolute atomic E-state index is 12.3. The van der Waals surface area contributed by atoms with Crippen LogP contribution in [-0.2, 0) is 10.0 Å². The van der Waals surface area contributed by atoms with Gasteiger partial charge in [-0.1, -0.05) is 0 Å². The molecule has 23 heavy (non-hydrogen) atoms. The maximum Gasteiger partial charge on any atom is 0.280 e. The SMILES string of the molecule is CC(C)n1cnc(S(=O)(=O)Nc2ccc(-n3cnnc3)cc2)c1. The fraction of sp³-hybridized carbons (Fsp3) is 0.214. The highest BCUT2D eigenvalue weighted by atomic mass is 32.2. The van der Waals surface area contributed by atoms with E-state index in [-0.39, 0.29) is 11.1 Å². The summed E-state index contributed by atoms with van der Waals surface area (Å²) in [7, 11) is -3.71. The number of aromatic nitrogens is 5. The highest BCUT2D eigenvalue weighted by Gasteiger charge is 2.18. The molecule has 3 aromatic rings. The molecule has 0 radical (unpaired) electrons. The van der Waals surface area contributed by atoms with Gasteiger partial charge in [0.2, 0.25) is 0 Å². The lowest BCUT2D eigenvalue weighted by Gasteiger charge is -2.07. The number of hydrogen-bond acceptors (Lipinski definition) is 5. The minimum Gasteiger partial charge on any atom is -0.334 e. The molecule has 0 saturated heterocycles. The number of hydrogen-bond donors (Lipinski definition) is 1. The second-order valence-electron chi connectivity index (χ2n) is 5.27. The van der Waals surface area contributed by atoms with Gasteiger partial charge in [0.25, 0.3) is 10.0 Å². The first-order chi connectivity index (χ1) is 11.0. The number of anilines is 1. The van der Waals surface area contributed by atoms with Crippen molar-refractivity contribution < 1.29 is 8.42 Å². The average molecular weight is 332 g/mol. The predicted octanol–water partition coefficient (Wildman–Crippen LogP) is 1.85. The lowest BCUT2D eigenvalue weighted by Crippen LogP contribution is -2.13. The van der Waals surface area contributed by atoms with Gasteiger partial charge in [0.05, 0.1) is 6.33 Å². The minimum atomic E-state index is -3.71. The first-order valence-electron chi connectivity index (χ1n) is 6.97. The molecule has 0 spiro atoms. The normalized spacial score (nSPS) is 11.8. The van der Waals surface area contributed by atoms with E-state index in [1.165, 1.54) is 12.5 Å². The van der Waals surface area contributed by atoms with E-state index in [9.17, 15) is 8.42 Å². The quantitative estimate of drug-likeness (QED) is 0.769. The topological polar surface area (TPSA) is 94.7 Å². The van der Waals surface area contributed by atoms with Gasteiger partial charge in [-0.2, -0.15) is 8.42 Å². The van der Waals surface area contributed by atoms with E-state index in [2.05, 4.69) is 19.9 Å². The summed E-state index contributed by atoms with van der Waals surface area (Å²) in [5.74, 6) is 0. The zero-order valence-electron chi connectivity index (χ0n) is 12.7. The van der Waals surface area contributed by atoms with E-state index in [4.69, 9.17) is 0 Å². The van der Waals surface area contributed by atoms with E-state index in [0.717, 1.165) is 5.69 Å². The van der Waals surface area contributed by atoms with Crippen LogP contribution >= 0.6 is 0 Å². The van der Waals surface area contributed by atoms with Crippen molar-refractivity contribution in [2.45, 2.75) is 24.9 Å². The Labute approximate surface area is 133 Å². The summed E-state index contributed by atoms with van der Waals surface area (Å²) in [5.41, 5.74) is 1.29. The van der Waals surface area contributed by atoms with E-state index < -0.39 is 10.0 Å². The molecule has 0 saturated carbocycles. The Bertz CT molecular complexity index is 882. The Morgan fingerprint density at radius 2 is 1.70 bits per heavy atom. The Morgan fingerprint density at radius 1 is 1.04 bits per heavy atom. The number of benzene rings is 1. The van der Waals surface area contributed by atoms with Gasteiger partial charge in [0.1, 0.15) is 12.7 Å². The Kier molecular flexibility index (Phi) is 3.87. The summed E-state index contributed by atoms with van der Waals surface area (Å²) >= 11 is 0. The van der Waals surface area contributed by atoms with E-state index in [0.29, 0.717) is 5.69 Å². The zero-order valence-corrected chi connectivity index (χ0v) is 13.5. The van der Waals surface area contributed by atoms with Crippen molar-refractivity contribution in [3.63, 3.8) is 0 Å². The van der Waals surface area contributed by atoms with Gasteiger partial charge in [0, 0.05) is 23.6 Å². The summed E-state index contributed by atoms with van der Waals surface area (Å²) in [6.07, 6.45) is 6.16. The highest BCUT2D eigenvalue weighted by Crippen LogP contribution is 2.17. The van der Waals surface area contributed by atoms with Crippen molar-refractivity contribution >= 4 is 15.7 Å². The van der Waals surface area contributed by atoms with Crippen molar-refractivity contribution in [3.05, 3.63) is 49.4 Å². The molecule has 0 bridgehead atoms. The van der Waals surface area contributed by atoms with Gasteiger partial charge in [-0.05, 0) is 38.1 Å². The monoisotopic (exact) mass is 332 g/mol. The van der Waals surface area contributed by atoms with Crippen LogP contribution in [0.5, 0.6) is 0 Å². The largest absolute Gasteiger partial charge is 0.334 e. The summed E-state index contributed by atoms with van der Waals surface area (Å²) in [4.78, 5) is 3.96. The smallest absolute Gasteiger partial charge is 0.280 e. The second kappa shape index (κ2) is 5.84. The molecule has 2 aromatic heterocycles. The molecule has 8 nitrogen and oxygen atoms in total. The standard InChI is InChI=1S/C14H16N6O2S/c1-11(2)19-7-14(15-8-19)23(21,22)18-12-3-5-13(6-4-12)20-9-16-17-10-20/h3-11,18H,1-2H3. The van der Waals surface area contributed by atoms with Crippen LogP contribution in [0, 0.1) is 0 Å². The highest BCUT2D eigenvalue weighted by molar-refractivity contribution is 7.92. The molecule has 0 aliphatic carbocycles. The molecule has 0 atom stereocenters. The molecule has 9 heteroatoms. The molecule has 120 valence electrons.